The number of aliphatic hydroxyl groups excluding tert-OH is 1. The molecule has 6 heteroatoms. The van der Waals surface area contributed by atoms with Crippen LogP contribution in [0.3, 0.4) is 0 Å². The van der Waals surface area contributed by atoms with Crippen molar-refractivity contribution in [1.82, 2.24) is 9.80 Å². The number of piperazine rings is 1. The molecule has 0 spiro atoms. The van der Waals surface area contributed by atoms with E-state index in [0.29, 0.717) is 13.0 Å². The number of fused-ring (bicyclic) bond motifs is 1. The molecule has 1 aromatic rings. The van der Waals surface area contributed by atoms with Gasteiger partial charge in [-0.2, -0.15) is 0 Å². The van der Waals surface area contributed by atoms with Crippen molar-refractivity contribution in [2.45, 2.75) is 25.0 Å². The maximum absolute atomic E-state index is 13.6. The summed E-state index contributed by atoms with van der Waals surface area (Å²) in [6, 6.07) is 5.51. The van der Waals surface area contributed by atoms with Crippen LogP contribution in [0.25, 0.3) is 0 Å². The van der Waals surface area contributed by atoms with Gasteiger partial charge in [-0.25, -0.2) is 4.39 Å². The molecule has 21 heavy (non-hydrogen) atoms. The minimum absolute atomic E-state index is 0.0408. The molecule has 5 nitrogen and oxygen atoms in total. The number of benzene rings is 1. The van der Waals surface area contributed by atoms with E-state index < -0.39 is 18.0 Å². The molecule has 1 N–H and O–H groups in total. The number of amides is 2. The Balaban J connectivity index is 1.74. The highest BCUT2D eigenvalue weighted by atomic mass is 19.1. The van der Waals surface area contributed by atoms with Gasteiger partial charge < -0.3 is 14.9 Å². The monoisotopic (exact) mass is 292 g/mol. The van der Waals surface area contributed by atoms with Gasteiger partial charge in [0.05, 0.1) is 19.2 Å². The van der Waals surface area contributed by atoms with Crippen molar-refractivity contribution in [3.8, 4) is 0 Å². The fourth-order valence-corrected chi connectivity index (χ4v) is 3.07. The smallest absolute Gasteiger partial charge is 0.245 e. The van der Waals surface area contributed by atoms with E-state index in [4.69, 9.17) is 0 Å². The van der Waals surface area contributed by atoms with Crippen LogP contribution in [0.2, 0.25) is 0 Å². The van der Waals surface area contributed by atoms with E-state index in [2.05, 4.69) is 0 Å². The Hall–Kier alpha value is -1.95. The number of nitrogens with zero attached hydrogens (tertiary/aromatic N) is 2. The zero-order valence-electron chi connectivity index (χ0n) is 11.5. The lowest BCUT2D eigenvalue weighted by atomic mass is 10.1. The molecule has 2 amide bonds. The SMILES string of the molecule is O=C1C2CCCN2C(=O)CN1CC(O)c1ccccc1F. The summed E-state index contributed by atoms with van der Waals surface area (Å²) in [4.78, 5) is 27.3. The predicted molar refractivity (Wildman–Crippen MR) is 72.7 cm³/mol. The molecule has 0 aromatic heterocycles. The van der Waals surface area contributed by atoms with Crippen LogP contribution in [0.5, 0.6) is 0 Å². The molecule has 0 bridgehead atoms. The normalized spacial score (nSPS) is 23.4. The van der Waals surface area contributed by atoms with Crippen molar-refractivity contribution in [3.63, 3.8) is 0 Å². The molecule has 2 heterocycles. The standard InChI is InChI=1S/C15H17FN2O3/c16-11-5-2-1-4-10(11)13(19)8-17-9-14(20)18-7-3-6-12(18)15(17)21/h1-2,4-5,12-13,19H,3,6-9H2. The lowest BCUT2D eigenvalue weighted by Gasteiger charge is -2.37. The molecule has 0 aliphatic carbocycles. The van der Waals surface area contributed by atoms with Gasteiger partial charge >= 0.3 is 0 Å². The third kappa shape index (κ3) is 2.51. The fourth-order valence-electron chi connectivity index (χ4n) is 3.07. The summed E-state index contributed by atoms with van der Waals surface area (Å²) >= 11 is 0. The molecule has 2 saturated heterocycles. The number of hydrogen-bond donors (Lipinski definition) is 1. The second kappa shape index (κ2) is 5.44. The molecule has 1 aromatic carbocycles. The van der Waals surface area contributed by atoms with Crippen molar-refractivity contribution in [1.29, 1.82) is 0 Å². The molecular formula is C15H17FN2O3. The zero-order chi connectivity index (χ0) is 15.0. The summed E-state index contributed by atoms with van der Waals surface area (Å²) in [5, 5.41) is 10.1. The van der Waals surface area contributed by atoms with E-state index in [1.165, 1.54) is 23.1 Å². The third-order valence-electron chi connectivity index (χ3n) is 4.15. The van der Waals surface area contributed by atoms with Crippen LogP contribution in [0, 0.1) is 5.82 Å². The number of hydrogen-bond acceptors (Lipinski definition) is 3. The van der Waals surface area contributed by atoms with Crippen molar-refractivity contribution in [2.75, 3.05) is 19.6 Å². The Morgan fingerprint density at radius 2 is 2.10 bits per heavy atom. The Labute approximate surface area is 122 Å². The summed E-state index contributed by atoms with van der Waals surface area (Å²) in [6.07, 6.45) is 0.360. The summed E-state index contributed by atoms with van der Waals surface area (Å²) < 4.78 is 13.6. The maximum atomic E-state index is 13.6. The fraction of sp³-hybridized carbons (Fsp3) is 0.467. The van der Waals surface area contributed by atoms with E-state index in [0.717, 1.165) is 6.42 Å². The van der Waals surface area contributed by atoms with Crippen LogP contribution < -0.4 is 0 Å². The second-order valence-electron chi connectivity index (χ2n) is 5.50. The van der Waals surface area contributed by atoms with Crippen molar-refractivity contribution >= 4 is 11.8 Å². The highest BCUT2D eigenvalue weighted by Crippen LogP contribution is 2.25. The number of carbonyl (C=O) groups excluding carboxylic acids is 2. The van der Waals surface area contributed by atoms with Gasteiger partial charge in [0.2, 0.25) is 11.8 Å². The van der Waals surface area contributed by atoms with Crippen LogP contribution in [0.1, 0.15) is 24.5 Å². The highest BCUT2D eigenvalue weighted by molar-refractivity contribution is 5.95. The first-order valence-corrected chi connectivity index (χ1v) is 7.08. The Kier molecular flexibility index (Phi) is 3.63. The molecule has 2 fully saturated rings. The maximum Gasteiger partial charge on any atom is 0.245 e. The largest absolute Gasteiger partial charge is 0.386 e. The Morgan fingerprint density at radius 3 is 2.86 bits per heavy atom. The van der Waals surface area contributed by atoms with Crippen molar-refractivity contribution in [2.24, 2.45) is 0 Å². The summed E-state index contributed by atoms with van der Waals surface area (Å²) in [6.45, 7) is 0.523. The molecule has 2 atom stereocenters. The van der Waals surface area contributed by atoms with Gasteiger partial charge in [-0.05, 0) is 18.9 Å². The van der Waals surface area contributed by atoms with Crippen LogP contribution in [-0.2, 0) is 9.59 Å². The molecule has 2 aliphatic heterocycles. The molecule has 2 unspecified atom stereocenters. The molecular weight excluding hydrogens is 275 g/mol. The topological polar surface area (TPSA) is 60.9 Å². The van der Waals surface area contributed by atoms with E-state index in [9.17, 15) is 19.1 Å². The molecule has 0 radical (unpaired) electrons. The molecule has 3 rings (SSSR count). The van der Waals surface area contributed by atoms with Gasteiger partial charge in [-0.15, -0.1) is 0 Å². The van der Waals surface area contributed by atoms with Crippen molar-refractivity contribution < 1.29 is 19.1 Å². The Bertz CT molecular complexity index is 578. The second-order valence-corrected chi connectivity index (χ2v) is 5.50. The molecule has 2 aliphatic rings. The quantitative estimate of drug-likeness (QED) is 0.892. The van der Waals surface area contributed by atoms with Crippen LogP contribution in [0.4, 0.5) is 4.39 Å². The summed E-state index contributed by atoms with van der Waals surface area (Å²) in [5.74, 6) is -0.761. The minimum Gasteiger partial charge on any atom is -0.386 e. The Morgan fingerprint density at radius 1 is 1.33 bits per heavy atom. The highest BCUT2D eigenvalue weighted by Gasteiger charge is 2.42. The van der Waals surface area contributed by atoms with E-state index in [-0.39, 0.29) is 30.5 Å². The van der Waals surface area contributed by atoms with Crippen LogP contribution >= 0.6 is 0 Å². The third-order valence-corrected chi connectivity index (χ3v) is 4.15. The molecule has 112 valence electrons. The molecule has 0 saturated carbocycles. The predicted octanol–water partition coefficient (Wildman–Crippen LogP) is 0.692. The average molecular weight is 292 g/mol. The van der Waals surface area contributed by atoms with E-state index >= 15 is 0 Å². The summed E-state index contributed by atoms with van der Waals surface area (Å²) in [7, 11) is 0. The van der Waals surface area contributed by atoms with Gasteiger partial charge in [0.25, 0.3) is 0 Å². The van der Waals surface area contributed by atoms with Crippen LogP contribution in [0.15, 0.2) is 24.3 Å². The first-order chi connectivity index (χ1) is 10.1. The first kappa shape index (κ1) is 14.0. The summed E-state index contributed by atoms with van der Waals surface area (Å²) in [5.41, 5.74) is 0.145. The van der Waals surface area contributed by atoms with Crippen molar-refractivity contribution in [3.05, 3.63) is 35.6 Å². The van der Waals surface area contributed by atoms with Gasteiger partial charge in [-0.1, -0.05) is 18.2 Å². The first-order valence-electron chi connectivity index (χ1n) is 7.08. The average Bonchev–Trinajstić information content (AvgIpc) is 2.95. The van der Waals surface area contributed by atoms with E-state index in [1.807, 2.05) is 0 Å². The number of aliphatic hydroxyl groups is 1. The number of halogens is 1. The van der Waals surface area contributed by atoms with Gasteiger partial charge in [0.15, 0.2) is 0 Å². The van der Waals surface area contributed by atoms with Gasteiger partial charge in [-0.3, -0.25) is 9.59 Å². The lowest BCUT2D eigenvalue weighted by molar-refractivity contribution is -0.154. The number of carbonyl (C=O) groups is 2. The van der Waals surface area contributed by atoms with Gasteiger partial charge in [0, 0.05) is 12.1 Å². The van der Waals surface area contributed by atoms with E-state index in [1.54, 1.807) is 11.0 Å². The minimum atomic E-state index is -1.13. The number of β-amino-alcohol motifs (C(OH)–C–C–N with tert-alkyl or cyclic N) is 1. The lowest BCUT2D eigenvalue weighted by Crippen LogP contribution is -2.58. The number of rotatable bonds is 3. The zero-order valence-corrected chi connectivity index (χ0v) is 11.5. The van der Waals surface area contributed by atoms with Gasteiger partial charge in [0.1, 0.15) is 11.9 Å². The van der Waals surface area contributed by atoms with Crippen LogP contribution in [-0.4, -0.2) is 52.4 Å².